The van der Waals surface area contributed by atoms with Crippen LogP contribution < -0.4 is 14.8 Å². The van der Waals surface area contributed by atoms with Crippen molar-refractivity contribution in [1.29, 1.82) is 0 Å². The maximum Gasteiger partial charge on any atom is 0.347 e. The van der Waals surface area contributed by atoms with Crippen molar-refractivity contribution >= 4 is 23.6 Å². The molecule has 4 rings (SSSR count). The minimum absolute atomic E-state index is 0.150. The van der Waals surface area contributed by atoms with E-state index in [1.54, 1.807) is 58.2 Å². The minimum Gasteiger partial charge on any atom is -0.479 e. The highest BCUT2D eigenvalue weighted by atomic mass is 32.1. The number of aromatic nitrogens is 3. The van der Waals surface area contributed by atoms with E-state index in [1.165, 1.54) is 0 Å². The van der Waals surface area contributed by atoms with Crippen molar-refractivity contribution in [3.05, 3.63) is 95.3 Å². The minimum atomic E-state index is -0.750. The normalized spacial score (nSPS) is 11.9. The van der Waals surface area contributed by atoms with Crippen molar-refractivity contribution in [2.24, 2.45) is 0 Å². The van der Waals surface area contributed by atoms with Gasteiger partial charge in [-0.3, -0.25) is 4.79 Å². The second-order valence-electron chi connectivity index (χ2n) is 9.76. The number of ether oxygens (including phenoxy) is 3. The van der Waals surface area contributed by atoms with Crippen LogP contribution in [0, 0.1) is 0 Å². The van der Waals surface area contributed by atoms with Gasteiger partial charge in [0.2, 0.25) is 5.88 Å². The maximum absolute atomic E-state index is 13.0. The fourth-order valence-electron chi connectivity index (χ4n) is 3.51. The summed E-state index contributed by atoms with van der Waals surface area (Å²) in [6, 6.07) is 20.3. The number of carbonyl (C=O) groups excluding carboxylic acids is 2. The smallest absolute Gasteiger partial charge is 0.347 e. The average Bonchev–Trinajstić information content (AvgIpc) is 3.34. The molecule has 0 aliphatic rings. The van der Waals surface area contributed by atoms with Crippen molar-refractivity contribution in [1.82, 2.24) is 19.0 Å². The summed E-state index contributed by atoms with van der Waals surface area (Å²) in [5, 5.41) is 2.89. The number of pyridine rings is 1. The Labute approximate surface area is 231 Å². The zero-order valence-electron chi connectivity index (χ0n) is 22.2. The van der Waals surface area contributed by atoms with Crippen LogP contribution in [-0.2, 0) is 22.5 Å². The molecule has 1 amide bonds. The summed E-state index contributed by atoms with van der Waals surface area (Å²) >= 11 is 1.05. The first-order valence-electron chi connectivity index (χ1n) is 12.4. The number of nitrogens with one attached hydrogen (secondary N) is 1. The molecule has 0 saturated carbocycles. The Morgan fingerprint density at radius 1 is 0.923 bits per heavy atom. The van der Waals surface area contributed by atoms with E-state index >= 15 is 0 Å². The van der Waals surface area contributed by atoms with Crippen LogP contribution in [0.3, 0.4) is 0 Å². The highest BCUT2D eigenvalue weighted by molar-refractivity contribution is 6.99. The van der Waals surface area contributed by atoms with Crippen LogP contribution in [0.15, 0.2) is 72.9 Å². The van der Waals surface area contributed by atoms with E-state index in [0.717, 1.165) is 22.9 Å². The number of esters is 1. The summed E-state index contributed by atoms with van der Waals surface area (Å²) in [5.74, 6) is 0.220. The van der Waals surface area contributed by atoms with Gasteiger partial charge in [-0.05, 0) is 63.1 Å². The first-order chi connectivity index (χ1) is 18.7. The molecule has 1 unspecified atom stereocenters. The summed E-state index contributed by atoms with van der Waals surface area (Å²) in [7, 11) is 0. The highest BCUT2D eigenvalue weighted by Crippen LogP contribution is 2.26. The van der Waals surface area contributed by atoms with Crippen molar-refractivity contribution < 1.29 is 23.8 Å². The molecule has 4 aromatic rings. The Kier molecular flexibility index (Phi) is 8.88. The lowest BCUT2D eigenvalue weighted by Gasteiger charge is -2.22. The third-order valence-corrected chi connectivity index (χ3v) is 5.92. The third kappa shape index (κ3) is 8.08. The van der Waals surface area contributed by atoms with Crippen molar-refractivity contribution in [2.75, 3.05) is 0 Å². The van der Waals surface area contributed by atoms with E-state index in [4.69, 9.17) is 14.2 Å². The second kappa shape index (κ2) is 12.5. The van der Waals surface area contributed by atoms with Gasteiger partial charge >= 0.3 is 5.97 Å². The quantitative estimate of drug-likeness (QED) is 0.265. The molecule has 0 spiro atoms. The van der Waals surface area contributed by atoms with Crippen molar-refractivity contribution in [3.63, 3.8) is 0 Å². The third-order valence-electron chi connectivity index (χ3n) is 5.37. The fourth-order valence-corrected chi connectivity index (χ4v) is 4.01. The SMILES string of the molecule is CC(Oc1ccc(CNC(=O)c2cccnc2Oc2nsnc2Cc2ccccc2)cc1)C(=O)OC(C)(C)C. The Morgan fingerprint density at radius 3 is 2.38 bits per heavy atom. The molecule has 39 heavy (non-hydrogen) atoms. The van der Waals surface area contributed by atoms with Crippen molar-refractivity contribution in [3.8, 4) is 17.5 Å². The average molecular weight is 547 g/mol. The van der Waals surface area contributed by atoms with Gasteiger partial charge in [0.1, 0.15) is 22.6 Å². The summed E-state index contributed by atoms with van der Waals surface area (Å²) in [6.07, 6.45) is 1.36. The van der Waals surface area contributed by atoms with Crippen LogP contribution in [0.2, 0.25) is 0 Å². The Balaban J connectivity index is 1.35. The van der Waals surface area contributed by atoms with E-state index in [0.29, 0.717) is 23.7 Å². The molecule has 0 fully saturated rings. The molecule has 0 radical (unpaired) electrons. The molecule has 2 aromatic carbocycles. The molecule has 10 heteroatoms. The summed E-state index contributed by atoms with van der Waals surface area (Å²) in [6.45, 7) is 7.33. The highest BCUT2D eigenvalue weighted by Gasteiger charge is 2.23. The van der Waals surface area contributed by atoms with Crippen LogP contribution in [-0.4, -0.2) is 37.3 Å². The van der Waals surface area contributed by atoms with Crippen LogP contribution in [0.4, 0.5) is 0 Å². The number of benzene rings is 2. The number of hydrogen-bond acceptors (Lipinski definition) is 9. The monoisotopic (exact) mass is 546 g/mol. The van der Waals surface area contributed by atoms with Gasteiger partial charge in [-0.1, -0.05) is 42.5 Å². The van der Waals surface area contributed by atoms with Gasteiger partial charge in [0.05, 0.1) is 11.7 Å². The molecule has 0 aliphatic carbocycles. The van der Waals surface area contributed by atoms with Gasteiger partial charge in [0.15, 0.2) is 6.10 Å². The van der Waals surface area contributed by atoms with E-state index in [9.17, 15) is 9.59 Å². The van der Waals surface area contributed by atoms with Crippen molar-refractivity contribution in [2.45, 2.75) is 52.4 Å². The molecular formula is C29H30N4O5S. The van der Waals surface area contributed by atoms with Crippen LogP contribution in [0.25, 0.3) is 0 Å². The summed E-state index contributed by atoms with van der Waals surface area (Å²) in [5.41, 5.74) is 2.29. The largest absolute Gasteiger partial charge is 0.479 e. The van der Waals surface area contributed by atoms with Crippen LogP contribution >= 0.6 is 11.7 Å². The summed E-state index contributed by atoms with van der Waals surface area (Å²) < 4.78 is 25.6. The first-order valence-corrected chi connectivity index (χ1v) is 13.2. The van der Waals surface area contributed by atoms with Gasteiger partial charge in [0.25, 0.3) is 11.8 Å². The second-order valence-corrected chi connectivity index (χ2v) is 10.3. The fraction of sp³-hybridized carbons (Fsp3) is 0.276. The zero-order chi connectivity index (χ0) is 27.8. The zero-order valence-corrected chi connectivity index (χ0v) is 23.0. The standard InChI is InChI=1S/C29H30N4O5S/c1-19(28(35)38-29(2,3)4)36-22-14-12-21(13-15-22)18-31-25(34)23-11-8-16-30-26(23)37-27-24(32-39-33-27)17-20-9-6-5-7-10-20/h5-16,19H,17-18H2,1-4H3,(H,31,34). The Hall–Kier alpha value is -4.31. The van der Waals surface area contributed by atoms with E-state index in [2.05, 4.69) is 19.0 Å². The molecule has 1 atom stereocenters. The molecular weight excluding hydrogens is 516 g/mol. The lowest BCUT2D eigenvalue weighted by atomic mass is 10.1. The number of hydrogen-bond donors (Lipinski definition) is 1. The Bertz CT molecular complexity index is 1400. The topological polar surface area (TPSA) is 113 Å². The molecule has 2 heterocycles. The first kappa shape index (κ1) is 27.7. The summed E-state index contributed by atoms with van der Waals surface area (Å²) in [4.78, 5) is 29.4. The number of nitrogens with zero attached hydrogens (tertiary/aromatic N) is 3. The number of carbonyl (C=O) groups is 2. The molecule has 2 aromatic heterocycles. The van der Waals surface area contributed by atoms with E-state index in [-0.39, 0.29) is 23.9 Å². The van der Waals surface area contributed by atoms with E-state index in [1.807, 2.05) is 42.5 Å². The lowest BCUT2D eigenvalue weighted by Crippen LogP contribution is -2.33. The molecule has 9 nitrogen and oxygen atoms in total. The number of rotatable bonds is 10. The molecule has 0 bridgehead atoms. The predicted octanol–water partition coefficient (Wildman–Crippen LogP) is 5.36. The molecule has 1 N–H and O–H groups in total. The molecule has 0 aliphatic heterocycles. The molecule has 202 valence electrons. The van der Waals surface area contributed by atoms with Gasteiger partial charge < -0.3 is 19.5 Å². The van der Waals surface area contributed by atoms with Crippen LogP contribution in [0.1, 0.15) is 54.9 Å². The Morgan fingerprint density at radius 2 is 1.67 bits per heavy atom. The van der Waals surface area contributed by atoms with Gasteiger partial charge in [0, 0.05) is 19.2 Å². The van der Waals surface area contributed by atoms with Crippen LogP contribution in [0.5, 0.6) is 17.5 Å². The van der Waals surface area contributed by atoms with E-state index < -0.39 is 17.7 Å². The molecule has 0 saturated heterocycles. The lowest BCUT2D eigenvalue weighted by molar-refractivity contribution is -0.162. The number of amides is 1. The maximum atomic E-state index is 13.0. The van der Waals surface area contributed by atoms with Gasteiger partial charge in [-0.15, -0.1) is 4.37 Å². The van der Waals surface area contributed by atoms with Gasteiger partial charge in [-0.25, -0.2) is 9.78 Å². The van der Waals surface area contributed by atoms with Gasteiger partial charge in [-0.2, -0.15) is 4.37 Å². The predicted molar refractivity (Wildman–Crippen MR) is 147 cm³/mol.